The molecule has 0 aliphatic heterocycles. The van der Waals surface area contributed by atoms with Crippen molar-refractivity contribution in [2.75, 3.05) is 19.0 Å². The van der Waals surface area contributed by atoms with Crippen LogP contribution < -0.4 is 10.2 Å². The molecule has 1 aromatic heterocycles. The van der Waals surface area contributed by atoms with Crippen LogP contribution >= 0.6 is 0 Å². The highest BCUT2D eigenvalue weighted by Crippen LogP contribution is 2.20. The van der Waals surface area contributed by atoms with Gasteiger partial charge in [-0.3, -0.25) is 4.90 Å². The van der Waals surface area contributed by atoms with Crippen LogP contribution in [0.15, 0.2) is 30.5 Å². The zero-order valence-electron chi connectivity index (χ0n) is 8.74. The van der Waals surface area contributed by atoms with Gasteiger partial charge in [0.05, 0.1) is 0 Å². The van der Waals surface area contributed by atoms with Gasteiger partial charge in [-0.05, 0) is 23.6 Å². The monoisotopic (exact) mass is 203 g/mol. The first kappa shape index (κ1) is 9.58. The van der Waals surface area contributed by atoms with E-state index in [1.165, 1.54) is 0 Å². The maximum atomic E-state index is 11.4. The highest BCUT2D eigenvalue weighted by atomic mass is 16.2. The zero-order valence-corrected chi connectivity index (χ0v) is 8.74. The fourth-order valence-corrected chi connectivity index (χ4v) is 1.53. The lowest BCUT2D eigenvalue weighted by Crippen LogP contribution is -2.34. The molecule has 2 aromatic rings. The molecule has 15 heavy (non-hydrogen) atoms. The van der Waals surface area contributed by atoms with Crippen molar-refractivity contribution in [2.45, 2.75) is 0 Å². The predicted octanol–water partition coefficient (Wildman–Crippen LogP) is 1.94. The molecule has 0 radical (unpaired) electrons. The minimum atomic E-state index is -0.124. The molecule has 1 aromatic carbocycles. The van der Waals surface area contributed by atoms with Crippen LogP contribution in [0.1, 0.15) is 0 Å². The van der Waals surface area contributed by atoms with Crippen molar-refractivity contribution in [2.24, 2.45) is 0 Å². The van der Waals surface area contributed by atoms with Gasteiger partial charge in [0.2, 0.25) is 0 Å². The van der Waals surface area contributed by atoms with E-state index in [0.29, 0.717) is 0 Å². The molecule has 0 spiro atoms. The minimum Gasteiger partial charge on any atom is -0.361 e. The number of nitrogens with one attached hydrogen (secondary N) is 2. The van der Waals surface area contributed by atoms with Crippen molar-refractivity contribution in [3.05, 3.63) is 30.5 Å². The van der Waals surface area contributed by atoms with E-state index in [2.05, 4.69) is 10.3 Å². The second-order valence-corrected chi connectivity index (χ2v) is 3.36. The number of fused-ring (bicyclic) bond motifs is 1. The molecule has 78 valence electrons. The van der Waals surface area contributed by atoms with Crippen molar-refractivity contribution in [3.8, 4) is 0 Å². The molecule has 0 saturated carbocycles. The Hall–Kier alpha value is -1.97. The summed E-state index contributed by atoms with van der Waals surface area (Å²) >= 11 is 0. The number of hydrogen-bond acceptors (Lipinski definition) is 1. The Morgan fingerprint density at radius 1 is 1.40 bits per heavy atom. The number of aromatic nitrogens is 1. The van der Waals surface area contributed by atoms with Crippen LogP contribution in [0.3, 0.4) is 0 Å². The number of aromatic amines is 1. The van der Waals surface area contributed by atoms with Gasteiger partial charge in [-0.25, -0.2) is 4.79 Å². The number of amides is 2. The molecule has 0 atom stereocenters. The van der Waals surface area contributed by atoms with Crippen LogP contribution in [0, 0.1) is 0 Å². The van der Waals surface area contributed by atoms with Crippen LogP contribution in [0.2, 0.25) is 0 Å². The number of rotatable bonds is 1. The second kappa shape index (κ2) is 3.65. The third-order valence-electron chi connectivity index (χ3n) is 2.44. The maximum absolute atomic E-state index is 11.4. The zero-order chi connectivity index (χ0) is 10.8. The van der Waals surface area contributed by atoms with Crippen molar-refractivity contribution in [3.63, 3.8) is 0 Å². The van der Waals surface area contributed by atoms with Gasteiger partial charge >= 0.3 is 6.03 Å². The van der Waals surface area contributed by atoms with Crippen molar-refractivity contribution in [1.29, 1.82) is 0 Å². The van der Waals surface area contributed by atoms with Gasteiger partial charge in [-0.1, -0.05) is 6.07 Å². The Labute approximate surface area is 87.9 Å². The molecule has 1 heterocycles. The quantitative estimate of drug-likeness (QED) is 0.731. The van der Waals surface area contributed by atoms with Gasteiger partial charge in [0.15, 0.2) is 0 Å². The highest BCUT2D eigenvalue weighted by Gasteiger charge is 2.08. The first-order valence-electron chi connectivity index (χ1n) is 4.75. The number of H-pyrrole nitrogens is 1. The van der Waals surface area contributed by atoms with Gasteiger partial charge in [-0.2, -0.15) is 0 Å². The number of benzene rings is 1. The number of anilines is 1. The molecule has 0 aliphatic rings. The molecule has 0 unspecified atom stereocenters. The van der Waals surface area contributed by atoms with Gasteiger partial charge in [0, 0.05) is 31.5 Å². The number of urea groups is 1. The second-order valence-electron chi connectivity index (χ2n) is 3.36. The van der Waals surface area contributed by atoms with E-state index in [1.807, 2.05) is 30.5 Å². The summed E-state index contributed by atoms with van der Waals surface area (Å²) in [7, 11) is 3.36. The molecule has 4 heteroatoms. The number of carbonyl (C=O) groups excluding carboxylic acids is 1. The Morgan fingerprint density at radius 2 is 2.20 bits per heavy atom. The third-order valence-corrected chi connectivity index (χ3v) is 2.44. The fraction of sp³-hybridized carbons (Fsp3) is 0.182. The number of nitrogens with zero attached hydrogens (tertiary/aromatic N) is 1. The third kappa shape index (κ3) is 1.66. The van der Waals surface area contributed by atoms with Crippen LogP contribution in [0.4, 0.5) is 10.5 Å². The molecule has 0 saturated heterocycles. The minimum absolute atomic E-state index is 0.124. The van der Waals surface area contributed by atoms with E-state index in [9.17, 15) is 4.79 Å². The van der Waals surface area contributed by atoms with Crippen molar-refractivity contribution in [1.82, 2.24) is 10.3 Å². The SMILES string of the molecule is CNC(=O)N(C)c1ccc2cc[nH]c2c1. The van der Waals surface area contributed by atoms with E-state index in [4.69, 9.17) is 0 Å². The molecule has 2 rings (SSSR count). The van der Waals surface area contributed by atoms with Crippen molar-refractivity contribution < 1.29 is 4.79 Å². The lowest BCUT2D eigenvalue weighted by molar-refractivity contribution is 0.249. The summed E-state index contributed by atoms with van der Waals surface area (Å²) in [4.78, 5) is 16.1. The average molecular weight is 203 g/mol. The molecule has 2 N–H and O–H groups in total. The normalized spacial score (nSPS) is 10.3. The van der Waals surface area contributed by atoms with Crippen LogP contribution in [-0.2, 0) is 0 Å². The van der Waals surface area contributed by atoms with E-state index < -0.39 is 0 Å². The lowest BCUT2D eigenvalue weighted by Gasteiger charge is -2.16. The topological polar surface area (TPSA) is 48.1 Å². The molecule has 0 bridgehead atoms. The van der Waals surface area contributed by atoms with Gasteiger partial charge in [0.1, 0.15) is 0 Å². The summed E-state index contributed by atoms with van der Waals surface area (Å²) in [5, 5.41) is 3.72. The van der Waals surface area contributed by atoms with Crippen LogP contribution in [0.25, 0.3) is 10.9 Å². The lowest BCUT2D eigenvalue weighted by atomic mass is 10.2. The van der Waals surface area contributed by atoms with E-state index in [1.54, 1.807) is 19.0 Å². The first-order chi connectivity index (χ1) is 7.22. The summed E-state index contributed by atoms with van der Waals surface area (Å²) < 4.78 is 0. The Morgan fingerprint density at radius 3 is 2.93 bits per heavy atom. The molecule has 4 nitrogen and oxygen atoms in total. The Kier molecular flexibility index (Phi) is 2.33. The predicted molar refractivity (Wildman–Crippen MR) is 61.2 cm³/mol. The first-order valence-corrected chi connectivity index (χ1v) is 4.75. The molecule has 2 amide bonds. The summed E-state index contributed by atoms with van der Waals surface area (Å²) in [6.07, 6.45) is 1.88. The van der Waals surface area contributed by atoms with Crippen LogP contribution in [-0.4, -0.2) is 25.1 Å². The Bertz CT molecular complexity index is 489. The fourth-order valence-electron chi connectivity index (χ4n) is 1.53. The van der Waals surface area contributed by atoms with Gasteiger partial charge in [0.25, 0.3) is 0 Å². The summed E-state index contributed by atoms with van der Waals surface area (Å²) in [5.41, 5.74) is 1.90. The Balaban J connectivity index is 2.39. The summed E-state index contributed by atoms with van der Waals surface area (Å²) in [5.74, 6) is 0. The van der Waals surface area contributed by atoms with Gasteiger partial charge in [-0.15, -0.1) is 0 Å². The standard InChI is InChI=1S/C11H13N3O/c1-12-11(15)14(2)9-4-3-8-5-6-13-10(8)7-9/h3-7,13H,1-2H3,(H,12,15). The molecular weight excluding hydrogens is 190 g/mol. The highest BCUT2D eigenvalue weighted by molar-refractivity contribution is 5.94. The summed E-state index contributed by atoms with van der Waals surface area (Å²) in [6.45, 7) is 0. The largest absolute Gasteiger partial charge is 0.361 e. The summed E-state index contributed by atoms with van der Waals surface area (Å²) in [6, 6.07) is 7.73. The number of hydrogen-bond donors (Lipinski definition) is 2. The molecule has 0 aliphatic carbocycles. The van der Waals surface area contributed by atoms with Crippen molar-refractivity contribution >= 4 is 22.6 Å². The number of carbonyl (C=O) groups is 1. The maximum Gasteiger partial charge on any atom is 0.321 e. The van der Waals surface area contributed by atoms with Crippen LogP contribution in [0.5, 0.6) is 0 Å². The van der Waals surface area contributed by atoms with E-state index in [0.717, 1.165) is 16.6 Å². The molecular formula is C11H13N3O. The average Bonchev–Trinajstić information content (AvgIpc) is 2.73. The molecule has 0 fully saturated rings. The smallest absolute Gasteiger partial charge is 0.321 e. The van der Waals surface area contributed by atoms with E-state index in [-0.39, 0.29) is 6.03 Å². The van der Waals surface area contributed by atoms with E-state index >= 15 is 0 Å². The van der Waals surface area contributed by atoms with Gasteiger partial charge < -0.3 is 10.3 Å².